The number of nitriles is 1. The number of carbonyl (C=O) groups excluding carboxylic acids is 1. The number of aldehydes is 1. The molecule has 0 N–H and O–H groups in total. The van der Waals surface area contributed by atoms with E-state index in [1.165, 1.54) is 12.8 Å². The molecule has 2 rings (SSSR count). The van der Waals surface area contributed by atoms with Crippen LogP contribution < -0.4 is 0 Å². The zero-order valence-corrected chi connectivity index (χ0v) is 11.5. The highest BCUT2D eigenvalue weighted by Crippen LogP contribution is 2.30. The van der Waals surface area contributed by atoms with Gasteiger partial charge in [0.1, 0.15) is 6.29 Å². The molecule has 0 aromatic heterocycles. The Morgan fingerprint density at radius 1 is 1.00 bits per heavy atom. The highest BCUT2D eigenvalue weighted by atomic mass is 16.1. The summed E-state index contributed by atoms with van der Waals surface area (Å²) in [6.07, 6.45) is 13.6. The highest BCUT2D eigenvalue weighted by Gasteiger charge is 2.17. The molecule has 0 radical (unpaired) electrons. The van der Waals surface area contributed by atoms with Crippen LogP contribution in [0, 0.1) is 23.2 Å². The van der Waals surface area contributed by atoms with Gasteiger partial charge < -0.3 is 0 Å². The molecule has 20 heavy (non-hydrogen) atoms. The molecule has 2 heteroatoms. The van der Waals surface area contributed by atoms with Crippen LogP contribution in [-0.2, 0) is 4.79 Å². The molecule has 0 atom stereocenters. The van der Waals surface area contributed by atoms with Gasteiger partial charge in [0, 0.05) is 0 Å². The number of nitrogens with zero attached hydrogens (tertiary/aromatic N) is 1. The van der Waals surface area contributed by atoms with Crippen molar-refractivity contribution in [3.63, 3.8) is 0 Å². The van der Waals surface area contributed by atoms with Crippen molar-refractivity contribution in [2.45, 2.75) is 25.7 Å². The standard InChI is InChI=1S/C18H19NO/c19-14-18-11-9-17(10-12-18)8-7-16-5-3-15(4-6-16)2-1-13-20/h1-2,7-13,15-16H,3-6H2. The summed E-state index contributed by atoms with van der Waals surface area (Å²) in [5, 5.41) is 8.75. The number of benzene rings is 1. The van der Waals surface area contributed by atoms with Gasteiger partial charge in [0.05, 0.1) is 11.6 Å². The Kier molecular flexibility index (Phi) is 5.32. The van der Waals surface area contributed by atoms with E-state index < -0.39 is 0 Å². The normalized spacial score (nSPS) is 22.9. The molecule has 1 aromatic carbocycles. The Labute approximate surface area is 120 Å². The molecule has 0 unspecified atom stereocenters. The summed E-state index contributed by atoms with van der Waals surface area (Å²) in [5.41, 5.74) is 1.84. The highest BCUT2D eigenvalue weighted by molar-refractivity contribution is 5.64. The second-order valence-corrected chi connectivity index (χ2v) is 5.29. The Bertz CT molecular complexity index is 526. The van der Waals surface area contributed by atoms with Crippen molar-refractivity contribution >= 4 is 12.4 Å². The van der Waals surface area contributed by atoms with Crippen molar-refractivity contribution in [2.24, 2.45) is 11.8 Å². The number of hydrogen-bond acceptors (Lipinski definition) is 2. The minimum absolute atomic E-state index is 0.569. The van der Waals surface area contributed by atoms with Crippen LogP contribution in [0.4, 0.5) is 0 Å². The molecule has 0 amide bonds. The second-order valence-electron chi connectivity index (χ2n) is 5.29. The first-order valence-electron chi connectivity index (χ1n) is 7.12. The third kappa shape index (κ3) is 4.20. The van der Waals surface area contributed by atoms with Gasteiger partial charge in [-0.25, -0.2) is 0 Å². The Hall–Kier alpha value is -2.14. The smallest absolute Gasteiger partial charge is 0.142 e. The van der Waals surface area contributed by atoms with Gasteiger partial charge in [-0.1, -0.05) is 30.4 Å². The fourth-order valence-corrected chi connectivity index (χ4v) is 2.65. The molecule has 102 valence electrons. The van der Waals surface area contributed by atoms with Crippen LogP contribution in [0.1, 0.15) is 36.8 Å². The van der Waals surface area contributed by atoms with E-state index in [1.807, 2.05) is 30.3 Å². The molecular formula is C18H19NO. The van der Waals surface area contributed by atoms with Crippen molar-refractivity contribution in [3.8, 4) is 6.07 Å². The van der Waals surface area contributed by atoms with Crippen LogP contribution in [0.15, 0.2) is 42.5 Å². The minimum Gasteiger partial charge on any atom is -0.299 e. The molecule has 0 spiro atoms. The Morgan fingerprint density at radius 2 is 1.60 bits per heavy atom. The van der Waals surface area contributed by atoms with E-state index in [9.17, 15) is 4.79 Å². The molecule has 1 saturated carbocycles. The summed E-state index contributed by atoms with van der Waals surface area (Å²) >= 11 is 0. The maximum absolute atomic E-state index is 10.3. The molecule has 1 aliphatic carbocycles. The summed E-state index contributed by atoms with van der Waals surface area (Å²) < 4.78 is 0. The number of allylic oxidation sites excluding steroid dienone is 3. The van der Waals surface area contributed by atoms with Gasteiger partial charge >= 0.3 is 0 Å². The molecular weight excluding hydrogens is 246 g/mol. The van der Waals surface area contributed by atoms with Gasteiger partial charge in [0.2, 0.25) is 0 Å². The van der Waals surface area contributed by atoms with Gasteiger partial charge in [0.15, 0.2) is 0 Å². The zero-order valence-electron chi connectivity index (χ0n) is 11.5. The van der Waals surface area contributed by atoms with Crippen molar-refractivity contribution in [2.75, 3.05) is 0 Å². The third-order valence-corrected chi connectivity index (χ3v) is 3.88. The van der Waals surface area contributed by atoms with Gasteiger partial charge in [-0.2, -0.15) is 5.26 Å². The lowest BCUT2D eigenvalue weighted by Gasteiger charge is -2.24. The van der Waals surface area contributed by atoms with Gasteiger partial charge in [0.25, 0.3) is 0 Å². The lowest BCUT2D eigenvalue weighted by molar-refractivity contribution is -0.104. The first kappa shape index (κ1) is 14.3. The summed E-state index contributed by atoms with van der Waals surface area (Å²) in [6, 6.07) is 9.78. The van der Waals surface area contributed by atoms with E-state index >= 15 is 0 Å². The molecule has 0 aliphatic heterocycles. The van der Waals surface area contributed by atoms with Crippen LogP contribution in [0.25, 0.3) is 6.08 Å². The second kappa shape index (κ2) is 7.45. The summed E-state index contributed by atoms with van der Waals surface area (Å²) in [7, 11) is 0. The predicted molar refractivity (Wildman–Crippen MR) is 80.8 cm³/mol. The molecule has 1 aliphatic rings. The molecule has 1 aromatic rings. The van der Waals surface area contributed by atoms with Crippen LogP contribution in [0.3, 0.4) is 0 Å². The average Bonchev–Trinajstić information content (AvgIpc) is 2.52. The maximum atomic E-state index is 10.3. The number of hydrogen-bond donors (Lipinski definition) is 0. The topological polar surface area (TPSA) is 40.9 Å². The van der Waals surface area contributed by atoms with Crippen LogP contribution in [-0.4, -0.2) is 6.29 Å². The van der Waals surface area contributed by atoms with Crippen molar-refractivity contribution in [1.29, 1.82) is 5.26 Å². The first-order valence-corrected chi connectivity index (χ1v) is 7.12. The molecule has 0 heterocycles. The van der Waals surface area contributed by atoms with E-state index in [0.717, 1.165) is 24.7 Å². The largest absolute Gasteiger partial charge is 0.299 e. The van der Waals surface area contributed by atoms with Gasteiger partial charge in [-0.3, -0.25) is 4.79 Å². The van der Waals surface area contributed by atoms with E-state index in [0.29, 0.717) is 17.4 Å². The Morgan fingerprint density at radius 3 is 2.15 bits per heavy atom. The fourth-order valence-electron chi connectivity index (χ4n) is 2.65. The first-order chi connectivity index (χ1) is 9.81. The van der Waals surface area contributed by atoms with E-state index in [2.05, 4.69) is 18.2 Å². The molecule has 1 fully saturated rings. The summed E-state index contributed by atoms with van der Waals surface area (Å²) in [5.74, 6) is 1.20. The SMILES string of the molecule is N#Cc1ccc(C=CC2CCC(C=CC=O)CC2)cc1. The lowest BCUT2D eigenvalue weighted by Crippen LogP contribution is -2.11. The van der Waals surface area contributed by atoms with Crippen molar-refractivity contribution < 1.29 is 4.79 Å². The van der Waals surface area contributed by atoms with Crippen LogP contribution >= 0.6 is 0 Å². The van der Waals surface area contributed by atoms with Crippen LogP contribution in [0.5, 0.6) is 0 Å². The van der Waals surface area contributed by atoms with E-state index in [1.54, 1.807) is 6.08 Å². The van der Waals surface area contributed by atoms with Crippen molar-refractivity contribution in [3.05, 3.63) is 53.6 Å². The van der Waals surface area contributed by atoms with Gasteiger partial charge in [-0.05, 0) is 61.3 Å². The monoisotopic (exact) mass is 265 g/mol. The number of rotatable bonds is 4. The maximum Gasteiger partial charge on any atom is 0.142 e. The van der Waals surface area contributed by atoms with E-state index in [-0.39, 0.29) is 0 Å². The summed E-state index contributed by atoms with van der Waals surface area (Å²) in [6.45, 7) is 0. The van der Waals surface area contributed by atoms with Gasteiger partial charge in [-0.15, -0.1) is 0 Å². The fraction of sp³-hybridized carbons (Fsp3) is 0.333. The van der Waals surface area contributed by atoms with E-state index in [4.69, 9.17) is 5.26 Å². The Balaban J connectivity index is 1.85. The van der Waals surface area contributed by atoms with Crippen LogP contribution in [0.2, 0.25) is 0 Å². The molecule has 0 saturated heterocycles. The molecule has 0 bridgehead atoms. The quantitative estimate of drug-likeness (QED) is 0.606. The zero-order chi connectivity index (χ0) is 14.2. The predicted octanol–water partition coefficient (Wildman–Crippen LogP) is 4.13. The minimum atomic E-state index is 0.569. The van der Waals surface area contributed by atoms with Crippen molar-refractivity contribution in [1.82, 2.24) is 0 Å². The summed E-state index contributed by atoms with van der Waals surface area (Å²) in [4.78, 5) is 10.3. The number of carbonyl (C=O) groups is 1. The average molecular weight is 265 g/mol. The molecule has 2 nitrogen and oxygen atoms in total. The third-order valence-electron chi connectivity index (χ3n) is 3.88. The lowest BCUT2D eigenvalue weighted by atomic mass is 9.81.